The molecule has 0 bridgehead atoms. The van der Waals surface area contributed by atoms with Crippen molar-refractivity contribution in [3.8, 4) is 0 Å². The van der Waals surface area contributed by atoms with E-state index in [0.717, 1.165) is 17.1 Å². The third-order valence-corrected chi connectivity index (χ3v) is 3.81. The Morgan fingerprint density at radius 2 is 2.00 bits per heavy atom. The molecule has 0 spiro atoms. The number of carbonyl (C=O) groups excluding carboxylic acids is 2. The molecule has 11 heteroatoms. The van der Waals surface area contributed by atoms with E-state index >= 15 is 0 Å². The maximum Gasteiger partial charge on any atom is 0.412 e. The van der Waals surface area contributed by atoms with E-state index in [1.807, 2.05) is 19.2 Å². The maximum atomic E-state index is 13.3. The van der Waals surface area contributed by atoms with Gasteiger partial charge in [-0.2, -0.15) is 13.2 Å². The number of hydrogen-bond donors (Lipinski definition) is 1. The summed E-state index contributed by atoms with van der Waals surface area (Å²) in [5, 5.41) is 9.08. The average molecular weight is 384 g/mol. The molecule has 0 aromatic carbocycles. The number of alkyl halides is 3. The summed E-state index contributed by atoms with van der Waals surface area (Å²) < 4.78 is 41.0. The third-order valence-electron chi connectivity index (χ3n) is 3.81. The summed E-state index contributed by atoms with van der Waals surface area (Å²) in [6.07, 6.45) is -1.23. The van der Waals surface area contributed by atoms with Gasteiger partial charge in [0.2, 0.25) is 5.91 Å². The zero-order valence-corrected chi connectivity index (χ0v) is 14.8. The van der Waals surface area contributed by atoms with Crippen LogP contribution in [0, 0.1) is 0 Å². The van der Waals surface area contributed by atoms with Crippen molar-refractivity contribution >= 4 is 11.8 Å². The van der Waals surface area contributed by atoms with Crippen LogP contribution in [0.1, 0.15) is 35.9 Å². The van der Waals surface area contributed by atoms with Gasteiger partial charge in [0.15, 0.2) is 11.7 Å². The normalized spacial score (nSPS) is 12.5. The lowest BCUT2D eigenvalue weighted by Gasteiger charge is -2.21. The van der Waals surface area contributed by atoms with Crippen molar-refractivity contribution in [3.05, 3.63) is 42.0 Å². The Hall–Kier alpha value is -2.98. The van der Waals surface area contributed by atoms with Crippen LogP contribution in [0.15, 0.2) is 30.7 Å². The number of likely N-dealkylation sites (N-methyl/N-ethyl adjacent to an activating group) is 1. The highest BCUT2D eigenvalue weighted by Crippen LogP contribution is 2.32. The number of nitrogens with one attached hydrogen (secondary N) is 1. The molecule has 0 saturated heterocycles. The second-order valence-corrected chi connectivity index (χ2v) is 5.60. The van der Waals surface area contributed by atoms with Gasteiger partial charge >= 0.3 is 6.18 Å². The lowest BCUT2D eigenvalue weighted by molar-refractivity contribution is -0.155. The summed E-state index contributed by atoms with van der Waals surface area (Å²) in [7, 11) is 0. The Kier molecular flexibility index (Phi) is 6.48. The molecular formula is C16H19F3N6O2. The Morgan fingerprint density at radius 3 is 2.56 bits per heavy atom. The van der Waals surface area contributed by atoms with Gasteiger partial charge in [0.1, 0.15) is 6.54 Å². The van der Waals surface area contributed by atoms with E-state index < -0.39 is 18.1 Å². The number of halogens is 3. The van der Waals surface area contributed by atoms with Crippen molar-refractivity contribution in [2.45, 2.75) is 32.6 Å². The first-order chi connectivity index (χ1) is 12.8. The van der Waals surface area contributed by atoms with Crippen LogP contribution in [-0.4, -0.2) is 56.0 Å². The van der Waals surface area contributed by atoms with Crippen LogP contribution in [0.5, 0.6) is 0 Å². The van der Waals surface area contributed by atoms with Crippen molar-refractivity contribution in [1.29, 1.82) is 0 Å². The standard InChI is InChI=1S/C16H19F3N6O2/c1-3-24(4-2)13(26)10-25-9-12(22-23-25)15(27)21-14(16(17,18)19)11-6-5-7-20-8-11/h5-9,14H,3-4,10H2,1-2H3,(H,21,27). The highest BCUT2D eigenvalue weighted by molar-refractivity contribution is 5.92. The second-order valence-electron chi connectivity index (χ2n) is 5.60. The molecular weight excluding hydrogens is 365 g/mol. The largest absolute Gasteiger partial charge is 0.412 e. The quantitative estimate of drug-likeness (QED) is 0.782. The van der Waals surface area contributed by atoms with E-state index in [4.69, 9.17) is 0 Å². The van der Waals surface area contributed by atoms with Crippen molar-refractivity contribution in [1.82, 2.24) is 30.2 Å². The van der Waals surface area contributed by atoms with Crippen molar-refractivity contribution in [3.63, 3.8) is 0 Å². The molecule has 2 amide bonds. The van der Waals surface area contributed by atoms with Gasteiger partial charge in [0.25, 0.3) is 5.91 Å². The van der Waals surface area contributed by atoms with Crippen LogP contribution in [0.2, 0.25) is 0 Å². The van der Waals surface area contributed by atoms with E-state index in [2.05, 4.69) is 15.3 Å². The summed E-state index contributed by atoms with van der Waals surface area (Å²) >= 11 is 0. The first kappa shape index (κ1) is 20.3. The molecule has 146 valence electrons. The SMILES string of the molecule is CCN(CC)C(=O)Cn1cc(C(=O)NC(c2cccnc2)C(F)(F)F)nn1. The Labute approximate surface area is 153 Å². The maximum absolute atomic E-state index is 13.3. The fraction of sp³-hybridized carbons (Fsp3) is 0.438. The molecule has 27 heavy (non-hydrogen) atoms. The van der Waals surface area contributed by atoms with Crippen LogP contribution < -0.4 is 5.32 Å². The molecule has 0 fully saturated rings. The van der Waals surface area contributed by atoms with Crippen LogP contribution in [0.3, 0.4) is 0 Å². The summed E-state index contributed by atoms with van der Waals surface area (Å²) in [6.45, 7) is 4.49. The average Bonchev–Trinajstić information content (AvgIpc) is 3.09. The van der Waals surface area contributed by atoms with Gasteiger partial charge < -0.3 is 10.2 Å². The molecule has 2 rings (SSSR count). The molecule has 0 aliphatic carbocycles. The highest BCUT2D eigenvalue weighted by atomic mass is 19.4. The number of aromatic nitrogens is 4. The third kappa shape index (κ3) is 5.25. The minimum atomic E-state index is -4.71. The number of amides is 2. The van der Waals surface area contributed by atoms with Gasteiger partial charge in [-0.15, -0.1) is 5.10 Å². The van der Waals surface area contributed by atoms with Gasteiger partial charge in [-0.25, -0.2) is 4.68 Å². The molecule has 1 atom stereocenters. The molecule has 0 radical (unpaired) electrons. The van der Waals surface area contributed by atoms with Gasteiger partial charge in [0, 0.05) is 31.0 Å². The van der Waals surface area contributed by atoms with Crippen LogP contribution >= 0.6 is 0 Å². The van der Waals surface area contributed by atoms with Gasteiger partial charge in [0.05, 0.1) is 6.20 Å². The van der Waals surface area contributed by atoms with Crippen LogP contribution in [0.4, 0.5) is 13.2 Å². The van der Waals surface area contributed by atoms with Crippen molar-refractivity contribution in [2.24, 2.45) is 0 Å². The number of carbonyl (C=O) groups is 2. The first-order valence-electron chi connectivity index (χ1n) is 8.21. The number of rotatable bonds is 7. The molecule has 1 unspecified atom stereocenters. The smallest absolute Gasteiger partial charge is 0.342 e. The molecule has 8 nitrogen and oxygen atoms in total. The number of nitrogens with zero attached hydrogens (tertiary/aromatic N) is 5. The zero-order valence-electron chi connectivity index (χ0n) is 14.8. The molecule has 2 aromatic heterocycles. The number of pyridine rings is 1. The summed E-state index contributed by atoms with van der Waals surface area (Å²) in [5.74, 6) is -1.29. The molecule has 0 aliphatic rings. The Bertz CT molecular complexity index is 774. The van der Waals surface area contributed by atoms with E-state index in [-0.39, 0.29) is 23.7 Å². The molecule has 0 saturated carbocycles. The lowest BCUT2D eigenvalue weighted by Crippen LogP contribution is -2.38. The molecule has 2 aromatic rings. The van der Waals surface area contributed by atoms with Gasteiger partial charge in [-0.1, -0.05) is 11.3 Å². The fourth-order valence-electron chi connectivity index (χ4n) is 2.40. The molecule has 0 aliphatic heterocycles. The van der Waals surface area contributed by atoms with E-state index in [0.29, 0.717) is 13.1 Å². The Balaban J connectivity index is 2.11. The molecule has 2 heterocycles. The Morgan fingerprint density at radius 1 is 1.30 bits per heavy atom. The summed E-state index contributed by atoms with van der Waals surface area (Å²) in [4.78, 5) is 29.4. The summed E-state index contributed by atoms with van der Waals surface area (Å²) in [5.41, 5.74) is -0.525. The predicted molar refractivity (Wildman–Crippen MR) is 88.4 cm³/mol. The van der Waals surface area contributed by atoms with E-state index in [1.165, 1.54) is 18.3 Å². The van der Waals surface area contributed by atoms with Gasteiger partial charge in [-0.05, 0) is 19.9 Å². The van der Waals surface area contributed by atoms with Gasteiger partial charge in [-0.3, -0.25) is 14.6 Å². The first-order valence-corrected chi connectivity index (χ1v) is 8.21. The lowest BCUT2D eigenvalue weighted by atomic mass is 10.1. The fourth-order valence-corrected chi connectivity index (χ4v) is 2.40. The van der Waals surface area contributed by atoms with Crippen LogP contribution in [-0.2, 0) is 11.3 Å². The topological polar surface area (TPSA) is 93.0 Å². The van der Waals surface area contributed by atoms with Crippen molar-refractivity contribution < 1.29 is 22.8 Å². The van der Waals surface area contributed by atoms with Crippen molar-refractivity contribution in [2.75, 3.05) is 13.1 Å². The van der Waals surface area contributed by atoms with Crippen LogP contribution in [0.25, 0.3) is 0 Å². The zero-order chi connectivity index (χ0) is 20.0. The highest BCUT2D eigenvalue weighted by Gasteiger charge is 2.42. The molecule has 1 N–H and O–H groups in total. The predicted octanol–water partition coefficient (Wildman–Crippen LogP) is 1.57. The summed E-state index contributed by atoms with van der Waals surface area (Å²) in [6, 6.07) is 0.321. The minimum Gasteiger partial charge on any atom is -0.342 e. The van der Waals surface area contributed by atoms with E-state index in [1.54, 1.807) is 4.90 Å². The van der Waals surface area contributed by atoms with E-state index in [9.17, 15) is 22.8 Å². The minimum absolute atomic E-state index is 0.159. The monoisotopic (exact) mass is 384 g/mol. The number of hydrogen-bond acceptors (Lipinski definition) is 5. The second kappa shape index (κ2) is 8.60.